The zero-order chi connectivity index (χ0) is 17.6. The molecule has 1 N–H and O–H groups in total. The summed E-state index contributed by atoms with van der Waals surface area (Å²) < 4.78 is 5.71. The number of hydrogen-bond donors (Lipinski definition) is 1. The largest absolute Gasteiger partial charge is 0.493 e. The van der Waals surface area contributed by atoms with Gasteiger partial charge in [-0.2, -0.15) is 5.26 Å². The molecule has 0 fully saturated rings. The molecule has 0 spiro atoms. The third-order valence-corrected chi connectivity index (χ3v) is 5.83. The fourth-order valence-electron chi connectivity index (χ4n) is 2.60. The van der Waals surface area contributed by atoms with Gasteiger partial charge in [0.25, 0.3) is 0 Å². The third kappa shape index (κ3) is 4.44. The van der Waals surface area contributed by atoms with Gasteiger partial charge in [-0.05, 0) is 30.5 Å². The van der Waals surface area contributed by atoms with Crippen LogP contribution in [0.25, 0.3) is 0 Å². The fraction of sp³-hybridized carbons (Fsp3) is 0.263. The number of carbonyl (C=O) groups is 1. The molecular formula is C19H18N2O2S2. The van der Waals surface area contributed by atoms with E-state index in [0.717, 1.165) is 10.6 Å². The normalized spacial score (nSPS) is 17.1. The molecule has 25 heavy (non-hydrogen) atoms. The van der Waals surface area contributed by atoms with Crippen LogP contribution in [0.3, 0.4) is 0 Å². The van der Waals surface area contributed by atoms with E-state index >= 15 is 0 Å². The van der Waals surface area contributed by atoms with Gasteiger partial charge in [0.15, 0.2) is 0 Å². The van der Waals surface area contributed by atoms with Crippen molar-refractivity contribution in [2.45, 2.75) is 19.3 Å². The molecule has 1 atom stereocenters. The summed E-state index contributed by atoms with van der Waals surface area (Å²) in [6.07, 6.45) is 0.327. The number of carbonyl (C=O) groups excluding carboxylic acids is 1. The minimum atomic E-state index is -0.140. The Hall–Kier alpha value is -2.23. The van der Waals surface area contributed by atoms with Gasteiger partial charge in [-0.3, -0.25) is 4.79 Å². The summed E-state index contributed by atoms with van der Waals surface area (Å²) in [7, 11) is 0. The van der Waals surface area contributed by atoms with E-state index in [9.17, 15) is 10.1 Å². The van der Waals surface area contributed by atoms with Gasteiger partial charge in [-0.1, -0.05) is 23.8 Å². The van der Waals surface area contributed by atoms with Gasteiger partial charge < -0.3 is 10.1 Å². The number of nitriles is 1. The standard InChI is InChI=1S/C19H18N2O2S2/c1-13-4-6-14(7-5-13)23-8-10-25-19-16(12-20)15(11-18(22)21-19)17-3-2-9-24-17/h2-7,9,15H,8,10-11H2,1H3,(H,21,22)/t15-/m1/s1. The van der Waals surface area contributed by atoms with Gasteiger partial charge in [0.05, 0.1) is 23.3 Å². The maximum absolute atomic E-state index is 12.0. The second-order valence-electron chi connectivity index (χ2n) is 5.68. The topological polar surface area (TPSA) is 62.1 Å². The molecule has 2 aromatic rings. The molecule has 1 aromatic carbocycles. The van der Waals surface area contributed by atoms with Crippen LogP contribution in [-0.2, 0) is 4.79 Å². The number of benzene rings is 1. The molecule has 3 rings (SSSR count). The van der Waals surface area contributed by atoms with Crippen molar-refractivity contribution in [2.24, 2.45) is 0 Å². The number of thioether (sulfide) groups is 1. The number of rotatable bonds is 6. The van der Waals surface area contributed by atoms with Gasteiger partial charge in [-0.15, -0.1) is 23.1 Å². The molecule has 6 heteroatoms. The first-order valence-corrected chi connectivity index (χ1v) is 9.83. The molecular weight excluding hydrogens is 352 g/mol. The number of hydrogen-bond acceptors (Lipinski definition) is 5. The molecule has 0 bridgehead atoms. The van der Waals surface area contributed by atoms with Crippen LogP contribution >= 0.6 is 23.1 Å². The molecule has 2 heterocycles. The lowest BCUT2D eigenvalue weighted by Gasteiger charge is -2.24. The third-order valence-electron chi connectivity index (χ3n) is 3.86. The van der Waals surface area contributed by atoms with Crippen molar-refractivity contribution in [3.05, 3.63) is 62.8 Å². The average molecular weight is 370 g/mol. The molecule has 0 radical (unpaired) electrons. The highest BCUT2D eigenvalue weighted by Gasteiger charge is 2.30. The number of nitrogens with zero attached hydrogens (tertiary/aromatic N) is 1. The lowest BCUT2D eigenvalue weighted by atomic mass is 9.93. The van der Waals surface area contributed by atoms with Gasteiger partial charge in [0, 0.05) is 23.0 Å². The summed E-state index contributed by atoms with van der Waals surface area (Å²) in [5.41, 5.74) is 1.83. The number of aryl methyl sites for hydroxylation is 1. The van der Waals surface area contributed by atoms with Gasteiger partial charge in [0.2, 0.25) is 5.91 Å². The van der Waals surface area contributed by atoms with E-state index in [4.69, 9.17) is 4.74 Å². The number of allylic oxidation sites excluding steroid dienone is 1. The van der Waals surface area contributed by atoms with Crippen molar-refractivity contribution in [1.29, 1.82) is 5.26 Å². The number of thiophene rings is 1. The van der Waals surface area contributed by atoms with Crippen molar-refractivity contribution in [1.82, 2.24) is 5.32 Å². The minimum absolute atomic E-state index is 0.0423. The highest BCUT2D eigenvalue weighted by molar-refractivity contribution is 8.03. The smallest absolute Gasteiger partial charge is 0.225 e. The summed E-state index contributed by atoms with van der Waals surface area (Å²) in [6, 6.07) is 14.1. The van der Waals surface area contributed by atoms with Gasteiger partial charge >= 0.3 is 0 Å². The maximum Gasteiger partial charge on any atom is 0.225 e. The van der Waals surface area contributed by atoms with Crippen LogP contribution in [0.5, 0.6) is 5.75 Å². The highest BCUT2D eigenvalue weighted by Crippen LogP contribution is 2.37. The van der Waals surface area contributed by atoms with Crippen LogP contribution in [-0.4, -0.2) is 18.3 Å². The minimum Gasteiger partial charge on any atom is -0.493 e. The Kier molecular flexibility index (Phi) is 5.79. The number of amides is 1. The molecule has 1 aliphatic rings. The van der Waals surface area contributed by atoms with Crippen molar-refractivity contribution in [3.63, 3.8) is 0 Å². The molecule has 128 valence electrons. The second kappa shape index (κ2) is 8.24. The molecule has 4 nitrogen and oxygen atoms in total. The Morgan fingerprint density at radius 1 is 1.36 bits per heavy atom. The van der Waals surface area contributed by atoms with E-state index in [1.165, 1.54) is 17.3 Å². The van der Waals surface area contributed by atoms with Crippen LogP contribution in [0, 0.1) is 18.3 Å². The van der Waals surface area contributed by atoms with Crippen LogP contribution in [0.2, 0.25) is 0 Å². The first kappa shape index (κ1) is 17.6. The SMILES string of the molecule is Cc1ccc(OCCSC2=C(C#N)[C@H](c3cccs3)CC(=O)N2)cc1. The van der Waals surface area contributed by atoms with E-state index < -0.39 is 0 Å². The quantitative estimate of drug-likeness (QED) is 0.774. The molecule has 0 aliphatic carbocycles. The van der Waals surface area contributed by atoms with E-state index in [-0.39, 0.29) is 11.8 Å². The van der Waals surface area contributed by atoms with Crippen molar-refractivity contribution >= 4 is 29.0 Å². The van der Waals surface area contributed by atoms with Crippen molar-refractivity contribution in [2.75, 3.05) is 12.4 Å². The number of ether oxygens (including phenoxy) is 1. The summed E-state index contributed by atoms with van der Waals surface area (Å²) in [5, 5.41) is 15.1. The lowest BCUT2D eigenvalue weighted by molar-refractivity contribution is -0.120. The van der Waals surface area contributed by atoms with E-state index in [0.29, 0.717) is 29.4 Å². The maximum atomic E-state index is 12.0. The van der Waals surface area contributed by atoms with E-state index in [1.807, 2.05) is 48.7 Å². The van der Waals surface area contributed by atoms with Crippen molar-refractivity contribution < 1.29 is 9.53 Å². The van der Waals surface area contributed by atoms with Gasteiger partial charge in [-0.25, -0.2) is 0 Å². The Morgan fingerprint density at radius 2 is 2.16 bits per heavy atom. The molecule has 1 aromatic heterocycles. The first-order chi connectivity index (χ1) is 12.2. The van der Waals surface area contributed by atoms with Crippen LogP contribution in [0.4, 0.5) is 0 Å². The molecule has 1 amide bonds. The van der Waals surface area contributed by atoms with E-state index in [2.05, 4.69) is 11.4 Å². The molecule has 0 saturated heterocycles. The fourth-order valence-corrected chi connectivity index (χ4v) is 4.34. The summed E-state index contributed by atoms with van der Waals surface area (Å²) >= 11 is 3.04. The van der Waals surface area contributed by atoms with Crippen LogP contribution < -0.4 is 10.1 Å². The van der Waals surface area contributed by atoms with Gasteiger partial charge in [0.1, 0.15) is 5.75 Å². The summed E-state index contributed by atoms with van der Waals surface area (Å²) in [5.74, 6) is 1.30. The average Bonchev–Trinajstić information content (AvgIpc) is 3.14. The monoisotopic (exact) mass is 370 g/mol. The van der Waals surface area contributed by atoms with Crippen LogP contribution in [0.15, 0.2) is 52.4 Å². The van der Waals surface area contributed by atoms with Crippen LogP contribution in [0.1, 0.15) is 22.8 Å². The molecule has 1 aliphatic heterocycles. The lowest BCUT2D eigenvalue weighted by Crippen LogP contribution is -2.30. The van der Waals surface area contributed by atoms with E-state index in [1.54, 1.807) is 11.3 Å². The molecule has 0 unspecified atom stereocenters. The Morgan fingerprint density at radius 3 is 2.84 bits per heavy atom. The summed E-state index contributed by atoms with van der Waals surface area (Å²) in [4.78, 5) is 13.1. The summed E-state index contributed by atoms with van der Waals surface area (Å²) in [6.45, 7) is 2.54. The highest BCUT2D eigenvalue weighted by atomic mass is 32.2. The Bertz CT molecular complexity index is 805. The Balaban J connectivity index is 1.63. The molecule has 0 saturated carbocycles. The second-order valence-corrected chi connectivity index (χ2v) is 7.77. The predicted octanol–water partition coefficient (Wildman–Crippen LogP) is 4.21. The zero-order valence-corrected chi connectivity index (χ0v) is 15.5. The first-order valence-electron chi connectivity index (χ1n) is 7.97. The predicted molar refractivity (Wildman–Crippen MR) is 102 cm³/mol. The Labute approximate surface area is 155 Å². The number of nitrogens with one attached hydrogen (secondary N) is 1. The van der Waals surface area contributed by atoms with Crippen molar-refractivity contribution in [3.8, 4) is 11.8 Å². The zero-order valence-electron chi connectivity index (χ0n) is 13.8.